The fraction of sp³-hybridized carbons (Fsp3) is 0.316. The number of carbonyl (C=O) groups excluding carboxylic acids is 1. The Morgan fingerprint density at radius 3 is 2.76 bits per heavy atom. The monoisotopic (exact) mass is 337 g/mol. The third kappa shape index (κ3) is 4.35. The largest absolute Gasteiger partial charge is 0.351 e. The van der Waals surface area contributed by atoms with Gasteiger partial charge < -0.3 is 15.5 Å². The van der Waals surface area contributed by atoms with E-state index in [4.69, 9.17) is 0 Å². The summed E-state index contributed by atoms with van der Waals surface area (Å²) in [5.41, 5.74) is 2.88. The number of nitrogens with zero attached hydrogens (tertiary/aromatic N) is 3. The molecule has 1 saturated heterocycles. The molecule has 0 saturated carbocycles. The van der Waals surface area contributed by atoms with Gasteiger partial charge in [-0.3, -0.25) is 14.8 Å². The fourth-order valence-electron chi connectivity index (χ4n) is 2.92. The van der Waals surface area contributed by atoms with Gasteiger partial charge in [-0.05, 0) is 31.2 Å². The molecule has 1 amide bonds. The van der Waals surface area contributed by atoms with Crippen LogP contribution in [0.4, 0.5) is 5.69 Å². The van der Waals surface area contributed by atoms with Crippen LogP contribution in [0.1, 0.15) is 17.8 Å². The van der Waals surface area contributed by atoms with Crippen LogP contribution in [-0.2, 0) is 11.3 Å². The molecule has 2 N–H and O–H groups in total. The van der Waals surface area contributed by atoms with Crippen molar-refractivity contribution in [2.45, 2.75) is 25.9 Å². The van der Waals surface area contributed by atoms with E-state index in [0.717, 1.165) is 17.1 Å². The lowest BCUT2D eigenvalue weighted by Crippen LogP contribution is -2.44. The van der Waals surface area contributed by atoms with Gasteiger partial charge in [0.2, 0.25) is 5.91 Å². The zero-order valence-corrected chi connectivity index (χ0v) is 14.6. The van der Waals surface area contributed by atoms with Crippen LogP contribution in [0.2, 0.25) is 0 Å². The molecule has 1 aromatic heterocycles. The summed E-state index contributed by atoms with van der Waals surface area (Å²) < 4.78 is 0. The second kappa shape index (κ2) is 7.79. The SMILES string of the molecule is CN=C(NCc1cccc(C)n1)NC1CC(=O)N(c2ccccc2)C1. The second-order valence-electron chi connectivity index (χ2n) is 6.08. The molecule has 130 valence electrons. The topological polar surface area (TPSA) is 69.6 Å². The second-order valence-corrected chi connectivity index (χ2v) is 6.08. The van der Waals surface area contributed by atoms with Gasteiger partial charge in [0.05, 0.1) is 18.3 Å². The van der Waals surface area contributed by atoms with E-state index in [1.54, 1.807) is 7.05 Å². The van der Waals surface area contributed by atoms with Crippen LogP contribution in [0.15, 0.2) is 53.5 Å². The summed E-state index contributed by atoms with van der Waals surface area (Å²) in [4.78, 5) is 22.8. The van der Waals surface area contributed by atoms with Crippen LogP contribution in [0.3, 0.4) is 0 Å². The van der Waals surface area contributed by atoms with E-state index in [-0.39, 0.29) is 11.9 Å². The molecule has 1 unspecified atom stereocenters. The number of amides is 1. The van der Waals surface area contributed by atoms with Gasteiger partial charge >= 0.3 is 0 Å². The molecule has 1 fully saturated rings. The van der Waals surface area contributed by atoms with E-state index < -0.39 is 0 Å². The first-order valence-electron chi connectivity index (χ1n) is 8.41. The van der Waals surface area contributed by atoms with Gasteiger partial charge in [0.1, 0.15) is 0 Å². The zero-order valence-electron chi connectivity index (χ0n) is 14.6. The van der Waals surface area contributed by atoms with E-state index in [9.17, 15) is 4.79 Å². The number of hydrogen-bond donors (Lipinski definition) is 2. The van der Waals surface area contributed by atoms with E-state index in [1.807, 2.05) is 60.4 Å². The van der Waals surface area contributed by atoms with Crippen molar-refractivity contribution in [3.8, 4) is 0 Å². The van der Waals surface area contributed by atoms with Crippen molar-refractivity contribution in [2.24, 2.45) is 4.99 Å². The highest BCUT2D eigenvalue weighted by Gasteiger charge is 2.30. The molecule has 3 rings (SSSR count). The number of rotatable bonds is 4. The Hall–Kier alpha value is -2.89. The third-order valence-corrected chi connectivity index (χ3v) is 4.14. The average Bonchev–Trinajstić information content (AvgIpc) is 2.99. The normalized spacial score (nSPS) is 17.7. The van der Waals surface area contributed by atoms with Gasteiger partial charge in [0.15, 0.2) is 5.96 Å². The first kappa shape index (κ1) is 17.0. The number of anilines is 1. The highest BCUT2D eigenvalue weighted by molar-refractivity contribution is 5.97. The number of nitrogens with one attached hydrogen (secondary N) is 2. The number of guanidine groups is 1. The molecule has 0 spiro atoms. The number of hydrogen-bond acceptors (Lipinski definition) is 3. The maximum absolute atomic E-state index is 12.3. The maximum atomic E-state index is 12.3. The van der Waals surface area contributed by atoms with Crippen LogP contribution in [0.25, 0.3) is 0 Å². The third-order valence-electron chi connectivity index (χ3n) is 4.14. The quantitative estimate of drug-likeness (QED) is 0.660. The van der Waals surface area contributed by atoms with E-state index >= 15 is 0 Å². The minimum absolute atomic E-state index is 0.0318. The van der Waals surface area contributed by atoms with Crippen molar-refractivity contribution in [3.05, 3.63) is 59.9 Å². The van der Waals surface area contributed by atoms with Gasteiger partial charge in [-0.25, -0.2) is 0 Å². The molecule has 1 atom stereocenters. The van der Waals surface area contributed by atoms with Crippen LogP contribution in [0, 0.1) is 6.92 Å². The Balaban J connectivity index is 1.57. The first-order chi connectivity index (χ1) is 12.2. The van der Waals surface area contributed by atoms with Crippen LogP contribution in [0.5, 0.6) is 0 Å². The van der Waals surface area contributed by atoms with Crippen LogP contribution >= 0.6 is 0 Å². The van der Waals surface area contributed by atoms with E-state index in [1.165, 1.54) is 0 Å². The number of aliphatic imine (C=N–C) groups is 1. The van der Waals surface area contributed by atoms with Crippen molar-refractivity contribution >= 4 is 17.6 Å². The predicted octanol–water partition coefficient (Wildman–Crippen LogP) is 1.86. The van der Waals surface area contributed by atoms with Gasteiger partial charge in [-0.1, -0.05) is 24.3 Å². The molecule has 6 heteroatoms. The van der Waals surface area contributed by atoms with Crippen LogP contribution < -0.4 is 15.5 Å². The summed E-state index contributed by atoms with van der Waals surface area (Å²) in [5.74, 6) is 0.801. The predicted molar refractivity (Wildman–Crippen MR) is 99.5 cm³/mol. The summed E-state index contributed by atoms with van der Waals surface area (Å²) in [6.07, 6.45) is 0.457. The minimum Gasteiger partial charge on any atom is -0.351 e. The summed E-state index contributed by atoms with van der Waals surface area (Å²) in [7, 11) is 1.73. The van der Waals surface area contributed by atoms with Gasteiger partial charge in [-0.2, -0.15) is 0 Å². The molecule has 0 radical (unpaired) electrons. The van der Waals surface area contributed by atoms with Crippen molar-refractivity contribution < 1.29 is 4.79 Å². The Bertz CT molecular complexity index is 759. The summed E-state index contributed by atoms with van der Waals surface area (Å²) in [5, 5.41) is 6.59. The van der Waals surface area contributed by atoms with Crippen LogP contribution in [-0.4, -0.2) is 36.5 Å². The molecular formula is C19H23N5O. The number of aromatic nitrogens is 1. The standard InChI is InChI=1S/C19H23N5O/c1-14-7-6-8-15(22-14)12-21-19(20-2)23-16-11-18(25)24(13-16)17-9-4-3-5-10-17/h3-10,16H,11-13H2,1-2H3,(H2,20,21,23). The smallest absolute Gasteiger partial charge is 0.229 e. The molecule has 1 aliphatic rings. The average molecular weight is 337 g/mol. The lowest BCUT2D eigenvalue weighted by Gasteiger charge is -2.19. The maximum Gasteiger partial charge on any atom is 0.229 e. The number of aryl methyl sites for hydroxylation is 1. The number of carbonyl (C=O) groups is 1. The Morgan fingerprint density at radius 1 is 1.24 bits per heavy atom. The van der Waals surface area contributed by atoms with E-state index in [2.05, 4.69) is 20.6 Å². The molecule has 25 heavy (non-hydrogen) atoms. The number of benzene rings is 1. The summed E-state index contributed by atoms with van der Waals surface area (Å²) in [6, 6.07) is 15.7. The molecule has 6 nitrogen and oxygen atoms in total. The van der Waals surface area contributed by atoms with Gasteiger partial charge in [0, 0.05) is 31.4 Å². The van der Waals surface area contributed by atoms with Crippen molar-refractivity contribution in [1.82, 2.24) is 15.6 Å². The Morgan fingerprint density at radius 2 is 2.04 bits per heavy atom. The van der Waals surface area contributed by atoms with Crippen molar-refractivity contribution in [2.75, 3.05) is 18.5 Å². The van der Waals surface area contributed by atoms with Gasteiger partial charge in [-0.15, -0.1) is 0 Å². The summed E-state index contributed by atoms with van der Waals surface area (Å²) in [6.45, 7) is 3.19. The molecule has 0 aliphatic carbocycles. The lowest BCUT2D eigenvalue weighted by atomic mass is 10.2. The minimum atomic E-state index is 0.0318. The molecule has 2 heterocycles. The molecule has 1 aliphatic heterocycles. The van der Waals surface area contributed by atoms with E-state index in [0.29, 0.717) is 25.5 Å². The molecule has 1 aromatic carbocycles. The Kier molecular flexibility index (Phi) is 5.28. The number of pyridine rings is 1. The molecule has 0 bridgehead atoms. The highest BCUT2D eigenvalue weighted by atomic mass is 16.2. The lowest BCUT2D eigenvalue weighted by molar-refractivity contribution is -0.117. The fourth-order valence-corrected chi connectivity index (χ4v) is 2.92. The molecular weight excluding hydrogens is 314 g/mol. The summed E-state index contributed by atoms with van der Waals surface area (Å²) >= 11 is 0. The zero-order chi connectivity index (χ0) is 17.6. The van der Waals surface area contributed by atoms with Gasteiger partial charge in [0.25, 0.3) is 0 Å². The number of para-hydroxylation sites is 1. The highest BCUT2D eigenvalue weighted by Crippen LogP contribution is 2.20. The van der Waals surface area contributed by atoms with Crippen molar-refractivity contribution in [1.29, 1.82) is 0 Å². The van der Waals surface area contributed by atoms with Crippen molar-refractivity contribution in [3.63, 3.8) is 0 Å². The first-order valence-corrected chi connectivity index (χ1v) is 8.41. The molecule has 2 aromatic rings. The Labute approximate surface area is 148 Å².